The first-order valence-corrected chi connectivity index (χ1v) is 8.98. The average molecular weight is 333 g/mol. The molecule has 1 nitrogen and oxygen atoms in total. The number of benzene rings is 4. The lowest BCUT2D eigenvalue weighted by molar-refractivity contribution is 1.18. The first-order chi connectivity index (χ1) is 12.8. The lowest BCUT2D eigenvalue weighted by atomic mass is 9.98. The molecule has 124 valence electrons. The maximum atomic E-state index is 2.38. The molecule has 0 saturated carbocycles. The molecule has 0 bridgehead atoms. The third-order valence-electron chi connectivity index (χ3n) is 5.12. The highest BCUT2D eigenvalue weighted by atomic mass is 15.0. The first kappa shape index (κ1) is 15.0. The number of hydrogen-bond donors (Lipinski definition) is 0. The minimum Gasteiger partial charge on any atom is -0.309 e. The van der Waals surface area contributed by atoms with Crippen molar-refractivity contribution >= 4 is 21.8 Å². The van der Waals surface area contributed by atoms with E-state index in [1.54, 1.807) is 0 Å². The van der Waals surface area contributed by atoms with Crippen molar-refractivity contribution in [3.8, 4) is 16.8 Å². The van der Waals surface area contributed by atoms with Crippen LogP contribution in [0.25, 0.3) is 38.6 Å². The predicted octanol–water partition coefficient (Wildman–Crippen LogP) is 6.76. The third-order valence-corrected chi connectivity index (χ3v) is 5.12. The molecular formula is C25H19N. The molecule has 0 fully saturated rings. The van der Waals surface area contributed by atoms with E-state index in [-0.39, 0.29) is 0 Å². The topological polar surface area (TPSA) is 4.93 Å². The summed E-state index contributed by atoms with van der Waals surface area (Å²) < 4.78 is 2.38. The molecule has 26 heavy (non-hydrogen) atoms. The van der Waals surface area contributed by atoms with E-state index < -0.39 is 0 Å². The SMILES string of the molecule is Cc1cccc2c1c1c(-c3ccccc3)cccc1n2-c1ccccc1. The number of hydrogen-bond acceptors (Lipinski definition) is 0. The number of aromatic nitrogens is 1. The van der Waals surface area contributed by atoms with Crippen LogP contribution in [0.1, 0.15) is 5.56 Å². The zero-order chi connectivity index (χ0) is 17.5. The van der Waals surface area contributed by atoms with Gasteiger partial charge in [0.05, 0.1) is 11.0 Å². The summed E-state index contributed by atoms with van der Waals surface area (Å²) in [6.45, 7) is 2.21. The summed E-state index contributed by atoms with van der Waals surface area (Å²) in [7, 11) is 0. The van der Waals surface area contributed by atoms with E-state index in [1.807, 2.05) is 0 Å². The summed E-state index contributed by atoms with van der Waals surface area (Å²) in [6, 6.07) is 34.5. The average Bonchev–Trinajstić information content (AvgIpc) is 3.05. The molecule has 0 aliphatic heterocycles. The Morgan fingerprint density at radius 3 is 1.88 bits per heavy atom. The summed E-state index contributed by atoms with van der Waals surface area (Å²) >= 11 is 0. The molecule has 5 aromatic rings. The van der Waals surface area contributed by atoms with Gasteiger partial charge in [-0.05, 0) is 47.9 Å². The maximum absolute atomic E-state index is 2.38. The molecule has 0 aliphatic rings. The van der Waals surface area contributed by atoms with Crippen LogP contribution in [0.15, 0.2) is 97.1 Å². The maximum Gasteiger partial charge on any atom is 0.0547 e. The standard InChI is InChI=1S/C25H19N/c1-18-10-8-16-22-24(18)25-21(19-11-4-2-5-12-19)15-9-17-23(25)26(22)20-13-6-3-7-14-20/h2-17H,1H3. The van der Waals surface area contributed by atoms with Gasteiger partial charge >= 0.3 is 0 Å². The van der Waals surface area contributed by atoms with Gasteiger partial charge in [-0.1, -0.05) is 72.8 Å². The summed E-state index contributed by atoms with van der Waals surface area (Å²) in [6.07, 6.45) is 0. The Morgan fingerprint density at radius 1 is 0.538 bits per heavy atom. The van der Waals surface area contributed by atoms with Crippen molar-refractivity contribution in [1.82, 2.24) is 4.57 Å². The second-order valence-electron chi connectivity index (χ2n) is 6.71. The van der Waals surface area contributed by atoms with Crippen LogP contribution >= 0.6 is 0 Å². The lowest BCUT2D eigenvalue weighted by Crippen LogP contribution is -1.93. The Hall–Kier alpha value is -3.32. The van der Waals surface area contributed by atoms with Crippen LogP contribution in [-0.4, -0.2) is 4.57 Å². The minimum atomic E-state index is 1.20. The van der Waals surface area contributed by atoms with Crippen LogP contribution in [0.3, 0.4) is 0 Å². The number of rotatable bonds is 2. The molecule has 0 spiro atoms. The number of aryl methyl sites for hydroxylation is 1. The highest BCUT2D eigenvalue weighted by molar-refractivity contribution is 6.16. The van der Waals surface area contributed by atoms with E-state index >= 15 is 0 Å². The van der Waals surface area contributed by atoms with Gasteiger partial charge in [0.2, 0.25) is 0 Å². The summed E-state index contributed by atoms with van der Waals surface area (Å²) in [5.41, 5.74) is 7.57. The van der Waals surface area contributed by atoms with Crippen molar-refractivity contribution in [1.29, 1.82) is 0 Å². The van der Waals surface area contributed by atoms with Gasteiger partial charge in [0.15, 0.2) is 0 Å². The van der Waals surface area contributed by atoms with Crippen molar-refractivity contribution < 1.29 is 0 Å². The molecule has 0 saturated heterocycles. The monoisotopic (exact) mass is 333 g/mol. The van der Waals surface area contributed by atoms with Crippen molar-refractivity contribution in [3.63, 3.8) is 0 Å². The normalized spacial score (nSPS) is 11.3. The quantitative estimate of drug-likeness (QED) is 0.336. The van der Waals surface area contributed by atoms with E-state index in [2.05, 4.69) is 109 Å². The molecule has 1 heteroatoms. The summed E-state index contributed by atoms with van der Waals surface area (Å²) in [5, 5.41) is 2.67. The molecule has 0 unspecified atom stereocenters. The molecule has 5 rings (SSSR count). The highest BCUT2D eigenvalue weighted by Crippen LogP contribution is 2.39. The third kappa shape index (κ3) is 2.18. The van der Waals surface area contributed by atoms with Crippen LogP contribution < -0.4 is 0 Å². The van der Waals surface area contributed by atoms with Crippen molar-refractivity contribution in [2.45, 2.75) is 6.92 Å². The van der Waals surface area contributed by atoms with Gasteiger partial charge in [-0.15, -0.1) is 0 Å². The molecule has 0 N–H and O–H groups in total. The van der Waals surface area contributed by atoms with Crippen molar-refractivity contribution in [2.24, 2.45) is 0 Å². The van der Waals surface area contributed by atoms with E-state index in [0.29, 0.717) is 0 Å². The van der Waals surface area contributed by atoms with Crippen LogP contribution in [0.2, 0.25) is 0 Å². The summed E-state index contributed by atoms with van der Waals surface area (Å²) in [5.74, 6) is 0. The van der Waals surface area contributed by atoms with Crippen molar-refractivity contribution in [3.05, 3.63) is 103 Å². The van der Waals surface area contributed by atoms with E-state index in [0.717, 1.165) is 0 Å². The predicted molar refractivity (Wildman–Crippen MR) is 111 cm³/mol. The van der Waals surface area contributed by atoms with Crippen LogP contribution in [0.4, 0.5) is 0 Å². The zero-order valence-electron chi connectivity index (χ0n) is 14.7. The Balaban J connectivity index is 2.00. The molecule has 1 aromatic heterocycles. The fourth-order valence-electron chi connectivity index (χ4n) is 4.00. The van der Waals surface area contributed by atoms with E-state index in [9.17, 15) is 0 Å². The smallest absolute Gasteiger partial charge is 0.0547 e. The van der Waals surface area contributed by atoms with Crippen LogP contribution in [0, 0.1) is 6.92 Å². The first-order valence-electron chi connectivity index (χ1n) is 8.98. The molecule has 0 radical (unpaired) electrons. The van der Waals surface area contributed by atoms with Gasteiger partial charge < -0.3 is 4.57 Å². The zero-order valence-corrected chi connectivity index (χ0v) is 14.7. The number of fused-ring (bicyclic) bond motifs is 3. The Kier molecular flexibility index (Phi) is 3.39. The second kappa shape index (κ2) is 5.89. The van der Waals surface area contributed by atoms with Crippen LogP contribution in [-0.2, 0) is 0 Å². The minimum absolute atomic E-state index is 1.20. The van der Waals surface area contributed by atoms with Crippen LogP contribution in [0.5, 0.6) is 0 Å². The molecule has 1 heterocycles. The van der Waals surface area contributed by atoms with Gasteiger partial charge in [0.25, 0.3) is 0 Å². The number of nitrogens with zero attached hydrogens (tertiary/aromatic N) is 1. The van der Waals surface area contributed by atoms with Gasteiger partial charge in [-0.25, -0.2) is 0 Å². The number of para-hydroxylation sites is 1. The van der Waals surface area contributed by atoms with E-state index in [4.69, 9.17) is 0 Å². The molecule has 0 aliphatic carbocycles. The Labute approximate surface area is 153 Å². The second-order valence-corrected chi connectivity index (χ2v) is 6.71. The summed E-state index contributed by atoms with van der Waals surface area (Å²) in [4.78, 5) is 0. The Morgan fingerprint density at radius 2 is 1.15 bits per heavy atom. The fourth-order valence-corrected chi connectivity index (χ4v) is 4.00. The highest BCUT2D eigenvalue weighted by Gasteiger charge is 2.16. The van der Waals surface area contributed by atoms with Gasteiger partial charge in [0, 0.05) is 16.5 Å². The van der Waals surface area contributed by atoms with Crippen molar-refractivity contribution in [2.75, 3.05) is 0 Å². The molecule has 0 amide bonds. The molecular weight excluding hydrogens is 314 g/mol. The largest absolute Gasteiger partial charge is 0.309 e. The van der Waals surface area contributed by atoms with Gasteiger partial charge in [-0.3, -0.25) is 0 Å². The van der Waals surface area contributed by atoms with E-state index in [1.165, 1.54) is 44.2 Å². The molecule has 4 aromatic carbocycles. The fraction of sp³-hybridized carbons (Fsp3) is 0.0400. The van der Waals surface area contributed by atoms with Gasteiger partial charge in [0.1, 0.15) is 0 Å². The lowest BCUT2D eigenvalue weighted by Gasteiger charge is -2.08. The molecule has 0 atom stereocenters. The van der Waals surface area contributed by atoms with Gasteiger partial charge in [-0.2, -0.15) is 0 Å². The Bertz CT molecular complexity index is 1210.